The highest BCUT2D eigenvalue weighted by Crippen LogP contribution is 2.17. The number of nitrogens with zero attached hydrogens (tertiary/aromatic N) is 1. The molecule has 2 amide bonds. The van der Waals surface area contributed by atoms with Crippen molar-refractivity contribution in [3.05, 3.63) is 0 Å². The van der Waals surface area contributed by atoms with Crippen molar-refractivity contribution in [3.8, 4) is 0 Å². The van der Waals surface area contributed by atoms with E-state index < -0.39 is 0 Å². The average Bonchev–Trinajstić information content (AvgIpc) is 2.28. The highest BCUT2D eigenvalue weighted by Gasteiger charge is 2.30. The zero-order chi connectivity index (χ0) is 11.3. The van der Waals surface area contributed by atoms with Crippen LogP contribution in [0.3, 0.4) is 0 Å². The van der Waals surface area contributed by atoms with Gasteiger partial charge in [0.05, 0.1) is 0 Å². The molecule has 1 fully saturated rings. The van der Waals surface area contributed by atoms with Gasteiger partial charge in [0.1, 0.15) is 6.04 Å². The Balaban J connectivity index is 2.65. The Morgan fingerprint density at radius 3 is 2.80 bits per heavy atom. The maximum Gasteiger partial charge on any atom is 0.242 e. The largest absolute Gasteiger partial charge is 0.357 e. The van der Waals surface area contributed by atoms with Crippen molar-refractivity contribution >= 4 is 11.8 Å². The van der Waals surface area contributed by atoms with Gasteiger partial charge in [0.2, 0.25) is 11.8 Å². The van der Waals surface area contributed by atoms with E-state index in [9.17, 15) is 9.59 Å². The molecular weight excluding hydrogens is 194 g/mol. The number of nitrogens with two attached hydrogens (primary N) is 1. The zero-order valence-electron chi connectivity index (χ0n) is 9.16. The summed E-state index contributed by atoms with van der Waals surface area (Å²) in [4.78, 5) is 24.9. The van der Waals surface area contributed by atoms with Crippen molar-refractivity contribution < 1.29 is 9.59 Å². The van der Waals surface area contributed by atoms with Crippen molar-refractivity contribution in [2.75, 3.05) is 20.1 Å². The van der Waals surface area contributed by atoms with Crippen LogP contribution in [-0.2, 0) is 9.59 Å². The summed E-state index contributed by atoms with van der Waals surface area (Å²) in [5, 5.41) is 2.60. The minimum absolute atomic E-state index is 0.00852. The van der Waals surface area contributed by atoms with E-state index in [4.69, 9.17) is 5.73 Å². The Kier molecular flexibility index (Phi) is 4.55. The molecule has 1 saturated heterocycles. The van der Waals surface area contributed by atoms with Crippen LogP contribution in [0.15, 0.2) is 0 Å². The summed E-state index contributed by atoms with van der Waals surface area (Å²) in [6, 6.07) is -0.289. The van der Waals surface area contributed by atoms with E-state index >= 15 is 0 Å². The predicted molar refractivity (Wildman–Crippen MR) is 57.1 cm³/mol. The zero-order valence-corrected chi connectivity index (χ0v) is 9.16. The number of rotatable bonds is 3. The molecule has 1 heterocycles. The molecule has 0 bridgehead atoms. The number of likely N-dealkylation sites (tertiary alicyclic amines) is 1. The quantitative estimate of drug-likeness (QED) is 0.661. The number of amides is 2. The Labute approximate surface area is 90.0 Å². The second-order valence-electron chi connectivity index (χ2n) is 3.75. The first-order chi connectivity index (χ1) is 7.20. The molecule has 0 aromatic carbocycles. The van der Waals surface area contributed by atoms with Crippen molar-refractivity contribution in [1.82, 2.24) is 10.2 Å². The number of carbonyl (C=O) groups is 2. The fourth-order valence-electron chi connectivity index (χ4n) is 1.94. The Morgan fingerprint density at radius 2 is 2.20 bits per heavy atom. The summed E-state index contributed by atoms with van der Waals surface area (Å²) in [5.74, 6) is -0.0779. The van der Waals surface area contributed by atoms with Gasteiger partial charge >= 0.3 is 0 Å². The SMILES string of the molecule is CNC(=O)C1CCCCN1C(=O)CCN. The third-order valence-electron chi connectivity index (χ3n) is 2.73. The first-order valence-electron chi connectivity index (χ1n) is 5.42. The normalized spacial score (nSPS) is 21.2. The molecule has 5 heteroatoms. The molecule has 0 aromatic rings. The van der Waals surface area contributed by atoms with Gasteiger partial charge in [-0.05, 0) is 19.3 Å². The van der Waals surface area contributed by atoms with Gasteiger partial charge in [-0.25, -0.2) is 0 Å². The summed E-state index contributed by atoms with van der Waals surface area (Å²) in [6.07, 6.45) is 3.07. The molecule has 15 heavy (non-hydrogen) atoms. The lowest BCUT2D eigenvalue weighted by atomic mass is 10.0. The number of nitrogens with one attached hydrogen (secondary N) is 1. The van der Waals surface area contributed by atoms with Gasteiger partial charge in [-0.1, -0.05) is 0 Å². The van der Waals surface area contributed by atoms with E-state index in [1.54, 1.807) is 11.9 Å². The molecule has 0 spiro atoms. The monoisotopic (exact) mass is 213 g/mol. The third kappa shape index (κ3) is 2.92. The van der Waals surface area contributed by atoms with Gasteiger partial charge in [-0.3, -0.25) is 9.59 Å². The molecule has 1 aliphatic rings. The van der Waals surface area contributed by atoms with Crippen LogP contribution in [0.1, 0.15) is 25.7 Å². The third-order valence-corrected chi connectivity index (χ3v) is 2.73. The molecule has 0 aliphatic carbocycles. The fourth-order valence-corrected chi connectivity index (χ4v) is 1.94. The predicted octanol–water partition coefficient (Wildman–Crippen LogP) is -0.538. The molecule has 0 saturated carbocycles. The van der Waals surface area contributed by atoms with E-state index in [1.807, 2.05) is 0 Å². The lowest BCUT2D eigenvalue weighted by Gasteiger charge is -2.34. The summed E-state index contributed by atoms with van der Waals surface area (Å²) in [7, 11) is 1.60. The molecule has 0 aromatic heterocycles. The van der Waals surface area contributed by atoms with Crippen molar-refractivity contribution in [1.29, 1.82) is 0 Å². The van der Waals surface area contributed by atoms with Crippen molar-refractivity contribution in [2.24, 2.45) is 5.73 Å². The maximum atomic E-state index is 11.7. The molecule has 1 unspecified atom stereocenters. The number of hydrogen-bond donors (Lipinski definition) is 2. The second kappa shape index (κ2) is 5.70. The van der Waals surface area contributed by atoms with E-state index in [2.05, 4.69) is 5.32 Å². The molecular formula is C10H19N3O2. The lowest BCUT2D eigenvalue weighted by Crippen LogP contribution is -2.51. The molecule has 1 rings (SSSR count). The van der Waals surface area contributed by atoms with Gasteiger partial charge < -0.3 is 16.0 Å². The molecule has 5 nitrogen and oxygen atoms in total. The van der Waals surface area contributed by atoms with Crippen molar-refractivity contribution in [2.45, 2.75) is 31.7 Å². The average molecular weight is 213 g/mol. The standard InChI is InChI=1S/C10H19N3O2/c1-12-10(15)8-4-2-3-7-13(8)9(14)5-6-11/h8H,2-7,11H2,1H3,(H,12,15). The van der Waals surface area contributed by atoms with Crippen LogP contribution in [0.25, 0.3) is 0 Å². The highest BCUT2D eigenvalue weighted by molar-refractivity contribution is 5.87. The van der Waals surface area contributed by atoms with E-state index in [0.717, 1.165) is 19.3 Å². The van der Waals surface area contributed by atoms with Crippen LogP contribution in [-0.4, -0.2) is 42.9 Å². The van der Waals surface area contributed by atoms with Crippen molar-refractivity contribution in [3.63, 3.8) is 0 Å². The summed E-state index contributed by atoms with van der Waals surface area (Å²) in [5.41, 5.74) is 5.34. The number of piperidine rings is 1. The minimum atomic E-state index is -0.289. The molecule has 1 atom stereocenters. The van der Waals surface area contributed by atoms with Crippen LogP contribution in [0.5, 0.6) is 0 Å². The maximum absolute atomic E-state index is 11.7. The van der Waals surface area contributed by atoms with Gasteiger partial charge in [0.25, 0.3) is 0 Å². The van der Waals surface area contributed by atoms with Crippen LogP contribution < -0.4 is 11.1 Å². The Bertz CT molecular complexity index is 243. The van der Waals surface area contributed by atoms with Gasteiger partial charge in [-0.2, -0.15) is 0 Å². The van der Waals surface area contributed by atoms with Crippen LogP contribution in [0, 0.1) is 0 Å². The first kappa shape index (κ1) is 12.0. The smallest absolute Gasteiger partial charge is 0.242 e. The number of carbonyl (C=O) groups excluding carboxylic acids is 2. The first-order valence-corrected chi connectivity index (χ1v) is 5.42. The van der Waals surface area contributed by atoms with E-state index in [1.165, 1.54) is 0 Å². The molecule has 1 aliphatic heterocycles. The Morgan fingerprint density at radius 1 is 1.47 bits per heavy atom. The van der Waals surface area contributed by atoms with Gasteiger partial charge in [0.15, 0.2) is 0 Å². The molecule has 0 radical (unpaired) electrons. The van der Waals surface area contributed by atoms with Gasteiger partial charge in [0, 0.05) is 26.6 Å². The second-order valence-corrected chi connectivity index (χ2v) is 3.75. The minimum Gasteiger partial charge on any atom is -0.357 e. The van der Waals surface area contributed by atoms with Gasteiger partial charge in [-0.15, -0.1) is 0 Å². The van der Waals surface area contributed by atoms with Crippen LogP contribution in [0.4, 0.5) is 0 Å². The highest BCUT2D eigenvalue weighted by atomic mass is 16.2. The van der Waals surface area contributed by atoms with Crippen LogP contribution in [0.2, 0.25) is 0 Å². The molecule has 3 N–H and O–H groups in total. The Hall–Kier alpha value is -1.10. The van der Waals surface area contributed by atoms with E-state index in [0.29, 0.717) is 19.5 Å². The van der Waals surface area contributed by atoms with E-state index in [-0.39, 0.29) is 17.9 Å². The summed E-state index contributed by atoms with van der Waals surface area (Å²) < 4.78 is 0. The number of hydrogen-bond acceptors (Lipinski definition) is 3. The topological polar surface area (TPSA) is 75.4 Å². The van der Waals surface area contributed by atoms with Crippen LogP contribution >= 0.6 is 0 Å². The summed E-state index contributed by atoms with van der Waals surface area (Å²) in [6.45, 7) is 1.02. The molecule has 86 valence electrons. The summed E-state index contributed by atoms with van der Waals surface area (Å²) >= 11 is 0. The fraction of sp³-hybridized carbons (Fsp3) is 0.800. The number of likely N-dealkylation sites (N-methyl/N-ethyl adjacent to an activating group) is 1. The lowest BCUT2D eigenvalue weighted by molar-refractivity contribution is -0.141.